The highest BCUT2D eigenvalue weighted by Crippen LogP contribution is 2.23. The number of likely N-dealkylation sites (N-methyl/N-ethyl adjacent to an activating group) is 1. The summed E-state index contributed by atoms with van der Waals surface area (Å²) in [6, 6.07) is 7.94. The van der Waals surface area contributed by atoms with Crippen LogP contribution in [0.15, 0.2) is 34.9 Å². The lowest BCUT2D eigenvalue weighted by molar-refractivity contribution is -0.117. The average Bonchev–Trinajstić information content (AvgIpc) is 2.97. The standard InChI is InChI=1S/C18H24FN3O3/c1-18(2,3)15-11-17(25-21-15)20-16(23)12-22(4)9-10-24-14-8-6-5-7-13(14)19/h5-8,11H,9-10,12H2,1-4H3,(H,20,23). The number of rotatable bonds is 7. The summed E-state index contributed by atoms with van der Waals surface area (Å²) in [5, 5.41) is 6.62. The van der Waals surface area contributed by atoms with Crippen LogP contribution in [0.4, 0.5) is 10.3 Å². The Morgan fingerprint density at radius 1 is 1.36 bits per heavy atom. The molecule has 1 amide bonds. The molecule has 0 aliphatic heterocycles. The molecular weight excluding hydrogens is 325 g/mol. The van der Waals surface area contributed by atoms with Crippen molar-refractivity contribution in [3.05, 3.63) is 41.8 Å². The lowest BCUT2D eigenvalue weighted by Crippen LogP contribution is -2.33. The highest BCUT2D eigenvalue weighted by Gasteiger charge is 2.19. The second-order valence-electron chi connectivity index (χ2n) is 6.89. The number of carbonyl (C=O) groups is 1. The average molecular weight is 349 g/mol. The summed E-state index contributed by atoms with van der Waals surface area (Å²) in [5.74, 6) is -0.0875. The Bertz CT molecular complexity index is 710. The summed E-state index contributed by atoms with van der Waals surface area (Å²) in [6.45, 7) is 6.96. The van der Waals surface area contributed by atoms with Crippen LogP contribution in [0.2, 0.25) is 0 Å². The lowest BCUT2D eigenvalue weighted by Gasteiger charge is -2.16. The van der Waals surface area contributed by atoms with Gasteiger partial charge in [-0.2, -0.15) is 0 Å². The Kier molecular flexibility index (Phi) is 6.14. The first-order valence-electron chi connectivity index (χ1n) is 8.08. The van der Waals surface area contributed by atoms with Gasteiger partial charge in [0.1, 0.15) is 6.61 Å². The van der Waals surface area contributed by atoms with Gasteiger partial charge in [0, 0.05) is 18.0 Å². The summed E-state index contributed by atoms with van der Waals surface area (Å²) in [4.78, 5) is 13.8. The molecule has 0 bridgehead atoms. The van der Waals surface area contributed by atoms with Crippen LogP contribution in [-0.2, 0) is 10.2 Å². The van der Waals surface area contributed by atoms with E-state index in [1.54, 1.807) is 36.2 Å². The molecule has 0 unspecified atom stereocenters. The first-order chi connectivity index (χ1) is 11.8. The fraction of sp³-hybridized carbons (Fsp3) is 0.444. The van der Waals surface area contributed by atoms with Crippen molar-refractivity contribution in [3.8, 4) is 5.75 Å². The fourth-order valence-electron chi connectivity index (χ4n) is 2.06. The van der Waals surface area contributed by atoms with Crippen LogP contribution < -0.4 is 10.1 Å². The molecule has 0 fully saturated rings. The molecule has 7 heteroatoms. The predicted octanol–water partition coefficient (Wildman–Crippen LogP) is 3.06. The molecule has 1 heterocycles. The van der Waals surface area contributed by atoms with Crippen LogP contribution >= 0.6 is 0 Å². The van der Waals surface area contributed by atoms with Crippen molar-refractivity contribution in [1.82, 2.24) is 10.1 Å². The largest absolute Gasteiger partial charge is 0.489 e. The summed E-state index contributed by atoms with van der Waals surface area (Å²) >= 11 is 0. The molecular formula is C18H24FN3O3. The maximum Gasteiger partial charge on any atom is 0.240 e. The second-order valence-corrected chi connectivity index (χ2v) is 6.89. The van der Waals surface area contributed by atoms with E-state index >= 15 is 0 Å². The maximum absolute atomic E-state index is 13.4. The number of aromatic nitrogens is 1. The number of halogens is 1. The third kappa shape index (κ3) is 5.86. The zero-order chi connectivity index (χ0) is 18.4. The molecule has 0 saturated carbocycles. The van der Waals surface area contributed by atoms with E-state index in [-0.39, 0.29) is 30.2 Å². The zero-order valence-electron chi connectivity index (χ0n) is 15.0. The van der Waals surface area contributed by atoms with Crippen LogP contribution in [-0.4, -0.2) is 42.7 Å². The van der Waals surface area contributed by atoms with Crippen molar-refractivity contribution < 1.29 is 18.4 Å². The van der Waals surface area contributed by atoms with E-state index in [0.717, 1.165) is 5.69 Å². The number of amides is 1. The number of nitrogens with one attached hydrogen (secondary N) is 1. The Hall–Kier alpha value is -2.41. The van der Waals surface area contributed by atoms with Gasteiger partial charge in [-0.15, -0.1) is 0 Å². The van der Waals surface area contributed by atoms with Gasteiger partial charge in [0.25, 0.3) is 0 Å². The first-order valence-corrected chi connectivity index (χ1v) is 8.08. The SMILES string of the molecule is CN(CCOc1ccccc1F)CC(=O)Nc1cc(C(C)(C)C)no1. The van der Waals surface area contributed by atoms with Crippen LogP contribution in [0.5, 0.6) is 5.75 Å². The van der Waals surface area contributed by atoms with Gasteiger partial charge in [-0.05, 0) is 19.2 Å². The van der Waals surface area contributed by atoms with Gasteiger partial charge in [0.15, 0.2) is 11.6 Å². The molecule has 0 radical (unpaired) electrons. The van der Waals surface area contributed by atoms with Gasteiger partial charge in [-0.1, -0.05) is 38.1 Å². The monoisotopic (exact) mass is 349 g/mol. The number of anilines is 1. The molecule has 2 aromatic rings. The molecule has 1 N–H and O–H groups in total. The Labute approximate surface area is 146 Å². The van der Waals surface area contributed by atoms with Gasteiger partial charge in [-0.3, -0.25) is 15.0 Å². The number of hydrogen-bond donors (Lipinski definition) is 1. The van der Waals surface area contributed by atoms with Crippen molar-refractivity contribution in [2.24, 2.45) is 0 Å². The van der Waals surface area contributed by atoms with Crippen molar-refractivity contribution in [3.63, 3.8) is 0 Å². The third-order valence-electron chi connectivity index (χ3n) is 3.52. The number of hydrogen-bond acceptors (Lipinski definition) is 5. The maximum atomic E-state index is 13.4. The lowest BCUT2D eigenvalue weighted by atomic mass is 9.92. The Morgan fingerprint density at radius 2 is 2.08 bits per heavy atom. The van der Waals surface area contributed by atoms with E-state index in [9.17, 15) is 9.18 Å². The van der Waals surface area contributed by atoms with Gasteiger partial charge < -0.3 is 9.26 Å². The van der Waals surface area contributed by atoms with E-state index in [4.69, 9.17) is 9.26 Å². The zero-order valence-corrected chi connectivity index (χ0v) is 15.0. The molecule has 1 aromatic carbocycles. The van der Waals surface area contributed by atoms with Gasteiger partial charge in [0.05, 0.1) is 12.2 Å². The van der Waals surface area contributed by atoms with E-state index in [1.165, 1.54) is 6.07 Å². The molecule has 1 aromatic heterocycles. The van der Waals surface area contributed by atoms with Crippen LogP contribution in [0, 0.1) is 5.82 Å². The number of ether oxygens (including phenoxy) is 1. The van der Waals surface area contributed by atoms with E-state index in [0.29, 0.717) is 12.4 Å². The molecule has 6 nitrogen and oxygen atoms in total. The number of benzene rings is 1. The van der Waals surface area contributed by atoms with Gasteiger partial charge in [0.2, 0.25) is 11.8 Å². The van der Waals surface area contributed by atoms with E-state index in [2.05, 4.69) is 10.5 Å². The minimum atomic E-state index is -0.400. The minimum Gasteiger partial charge on any atom is -0.489 e. The minimum absolute atomic E-state index is 0.146. The molecule has 0 aliphatic carbocycles. The summed E-state index contributed by atoms with van der Waals surface area (Å²) in [7, 11) is 1.78. The van der Waals surface area contributed by atoms with Gasteiger partial charge in [-0.25, -0.2) is 4.39 Å². The Balaban J connectivity index is 1.74. The predicted molar refractivity (Wildman–Crippen MR) is 93.2 cm³/mol. The van der Waals surface area contributed by atoms with Crippen LogP contribution in [0.1, 0.15) is 26.5 Å². The molecule has 0 saturated heterocycles. The quantitative estimate of drug-likeness (QED) is 0.832. The highest BCUT2D eigenvalue weighted by atomic mass is 19.1. The number of carbonyl (C=O) groups excluding carboxylic acids is 1. The summed E-state index contributed by atoms with van der Waals surface area (Å²) in [5.41, 5.74) is 0.627. The smallest absolute Gasteiger partial charge is 0.240 e. The summed E-state index contributed by atoms with van der Waals surface area (Å²) < 4.78 is 23.9. The molecule has 0 atom stereocenters. The highest BCUT2D eigenvalue weighted by molar-refractivity contribution is 5.90. The van der Waals surface area contributed by atoms with E-state index in [1.807, 2.05) is 20.8 Å². The molecule has 136 valence electrons. The van der Waals surface area contributed by atoms with Crippen molar-refractivity contribution in [1.29, 1.82) is 0 Å². The Morgan fingerprint density at radius 3 is 2.72 bits per heavy atom. The van der Waals surface area contributed by atoms with E-state index < -0.39 is 5.82 Å². The topological polar surface area (TPSA) is 67.6 Å². The van der Waals surface area contributed by atoms with Crippen molar-refractivity contribution in [2.45, 2.75) is 26.2 Å². The van der Waals surface area contributed by atoms with Crippen LogP contribution in [0.25, 0.3) is 0 Å². The molecule has 25 heavy (non-hydrogen) atoms. The normalized spacial score (nSPS) is 11.6. The van der Waals surface area contributed by atoms with Crippen molar-refractivity contribution >= 4 is 11.8 Å². The fourth-order valence-corrected chi connectivity index (χ4v) is 2.06. The van der Waals surface area contributed by atoms with Crippen LogP contribution in [0.3, 0.4) is 0 Å². The molecule has 0 aliphatic rings. The molecule has 2 rings (SSSR count). The summed E-state index contributed by atoms with van der Waals surface area (Å²) in [6.07, 6.45) is 0. The third-order valence-corrected chi connectivity index (χ3v) is 3.52. The van der Waals surface area contributed by atoms with Crippen molar-refractivity contribution in [2.75, 3.05) is 32.1 Å². The number of para-hydroxylation sites is 1. The number of nitrogens with zero attached hydrogens (tertiary/aromatic N) is 2. The molecule has 0 spiro atoms. The second kappa shape index (κ2) is 8.11. The van der Waals surface area contributed by atoms with Gasteiger partial charge >= 0.3 is 0 Å². The first kappa shape index (κ1) is 18.9.